The van der Waals surface area contributed by atoms with Crippen LogP contribution in [0.2, 0.25) is 0 Å². The van der Waals surface area contributed by atoms with Crippen LogP contribution in [-0.4, -0.2) is 81.8 Å². The summed E-state index contributed by atoms with van der Waals surface area (Å²) in [6.45, 7) is 5.01. The summed E-state index contributed by atoms with van der Waals surface area (Å²) in [5.74, 6) is -0.0704. The summed E-state index contributed by atoms with van der Waals surface area (Å²) in [5.41, 5.74) is 3.04. The van der Waals surface area contributed by atoms with E-state index >= 15 is 0 Å². The topological polar surface area (TPSA) is 144 Å². The van der Waals surface area contributed by atoms with E-state index in [1.165, 1.54) is 19.3 Å². The SMILES string of the molecule is COc1cc2nn(C3CCC(CCN4CCN(c5ccc(C6CCC(=O)NC6=O)nc5)CC4)CC3)cc2cc1C(=O)Nc1cccn(C2CC2)c1=O. The van der Waals surface area contributed by atoms with Crippen molar-refractivity contribution in [1.82, 2.24) is 29.5 Å². The van der Waals surface area contributed by atoms with Gasteiger partial charge in [-0.05, 0) is 94.2 Å². The fourth-order valence-electron chi connectivity index (χ4n) is 8.10. The lowest BCUT2D eigenvalue weighted by atomic mass is 9.84. The molecule has 272 valence electrons. The number of benzene rings is 1. The van der Waals surface area contributed by atoms with E-state index in [1.54, 1.807) is 30.0 Å². The van der Waals surface area contributed by atoms with Gasteiger partial charge in [0.15, 0.2) is 0 Å². The van der Waals surface area contributed by atoms with Crippen LogP contribution >= 0.6 is 0 Å². The number of imide groups is 1. The highest BCUT2D eigenvalue weighted by molar-refractivity contribution is 6.08. The number of nitrogens with one attached hydrogen (secondary N) is 2. The van der Waals surface area contributed by atoms with Crippen molar-refractivity contribution in [3.63, 3.8) is 0 Å². The molecule has 13 nitrogen and oxygen atoms in total. The minimum absolute atomic E-state index is 0.185. The average molecular weight is 707 g/mol. The molecule has 0 radical (unpaired) electrons. The third-order valence-electron chi connectivity index (χ3n) is 11.4. The Morgan fingerprint density at radius 1 is 0.962 bits per heavy atom. The number of hydrogen-bond acceptors (Lipinski definition) is 9. The van der Waals surface area contributed by atoms with Crippen molar-refractivity contribution in [1.29, 1.82) is 0 Å². The lowest BCUT2D eigenvalue weighted by Crippen LogP contribution is -2.47. The van der Waals surface area contributed by atoms with Gasteiger partial charge in [0.25, 0.3) is 11.5 Å². The molecule has 4 aliphatic rings. The highest BCUT2D eigenvalue weighted by Gasteiger charge is 2.30. The van der Waals surface area contributed by atoms with E-state index in [9.17, 15) is 19.2 Å². The molecule has 2 aliphatic carbocycles. The third-order valence-corrected chi connectivity index (χ3v) is 11.4. The predicted octanol–water partition coefficient (Wildman–Crippen LogP) is 4.65. The second-order valence-electron chi connectivity index (χ2n) is 14.8. The second-order valence-corrected chi connectivity index (χ2v) is 14.8. The summed E-state index contributed by atoms with van der Waals surface area (Å²) in [6, 6.07) is 11.6. The Balaban J connectivity index is 0.813. The van der Waals surface area contributed by atoms with E-state index in [4.69, 9.17) is 9.84 Å². The first-order chi connectivity index (χ1) is 25.3. The molecule has 1 unspecified atom stereocenters. The summed E-state index contributed by atoms with van der Waals surface area (Å²) in [5, 5.41) is 11.0. The van der Waals surface area contributed by atoms with Gasteiger partial charge in [-0.15, -0.1) is 0 Å². The molecular formula is C39H46N8O5. The van der Waals surface area contributed by atoms with Crippen molar-refractivity contribution >= 4 is 40.0 Å². The van der Waals surface area contributed by atoms with Crippen molar-refractivity contribution in [2.75, 3.05) is 50.1 Å². The molecule has 0 spiro atoms. The molecule has 3 amide bonds. The van der Waals surface area contributed by atoms with Crippen LogP contribution in [0.4, 0.5) is 11.4 Å². The molecule has 2 saturated carbocycles. The van der Waals surface area contributed by atoms with Gasteiger partial charge in [-0.2, -0.15) is 5.10 Å². The number of ether oxygens (including phenoxy) is 1. The Labute approximate surface area is 302 Å². The van der Waals surface area contributed by atoms with E-state index in [-0.39, 0.29) is 40.9 Å². The van der Waals surface area contributed by atoms with Gasteiger partial charge in [-0.25, -0.2) is 0 Å². The van der Waals surface area contributed by atoms with Gasteiger partial charge in [-0.3, -0.25) is 39.1 Å². The van der Waals surface area contributed by atoms with Gasteiger partial charge in [0.1, 0.15) is 11.4 Å². The molecule has 2 N–H and O–H groups in total. The number of piperidine rings is 1. The number of nitrogens with zero attached hydrogens (tertiary/aromatic N) is 6. The maximum absolute atomic E-state index is 13.4. The fraction of sp³-hybridized carbons (Fsp3) is 0.487. The minimum Gasteiger partial charge on any atom is -0.496 e. The largest absolute Gasteiger partial charge is 0.496 e. The van der Waals surface area contributed by atoms with Crippen LogP contribution < -0.4 is 25.8 Å². The Hall–Kier alpha value is -5.04. The molecule has 5 heterocycles. The molecule has 3 aromatic heterocycles. The zero-order valence-electron chi connectivity index (χ0n) is 29.6. The maximum Gasteiger partial charge on any atom is 0.274 e. The Morgan fingerprint density at radius 3 is 2.46 bits per heavy atom. The summed E-state index contributed by atoms with van der Waals surface area (Å²) in [4.78, 5) is 59.5. The van der Waals surface area contributed by atoms with Crippen molar-refractivity contribution in [3.8, 4) is 5.75 Å². The van der Waals surface area contributed by atoms with Gasteiger partial charge >= 0.3 is 0 Å². The molecule has 52 heavy (non-hydrogen) atoms. The van der Waals surface area contributed by atoms with Crippen LogP contribution in [-0.2, 0) is 9.59 Å². The molecule has 0 bridgehead atoms. The molecule has 4 aromatic rings. The number of anilines is 2. The van der Waals surface area contributed by atoms with Crippen LogP contribution in [0.15, 0.2) is 59.8 Å². The maximum atomic E-state index is 13.4. The summed E-state index contributed by atoms with van der Waals surface area (Å²) in [6.07, 6.45) is 14.2. The zero-order chi connectivity index (χ0) is 35.8. The fourth-order valence-corrected chi connectivity index (χ4v) is 8.10. The number of fused-ring (bicyclic) bond motifs is 1. The molecular weight excluding hydrogens is 660 g/mol. The molecule has 2 saturated heterocycles. The summed E-state index contributed by atoms with van der Waals surface area (Å²) in [7, 11) is 1.54. The van der Waals surface area contributed by atoms with E-state index in [2.05, 4.69) is 30.1 Å². The minimum atomic E-state index is -0.378. The van der Waals surface area contributed by atoms with Gasteiger partial charge < -0.3 is 19.5 Å². The van der Waals surface area contributed by atoms with Crippen LogP contribution in [0.1, 0.15) is 91.8 Å². The Bertz CT molecular complexity index is 2020. The van der Waals surface area contributed by atoms with Gasteiger partial charge in [0.2, 0.25) is 11.8 Å². The summed E-state index contributed by atoms with van der Waals surface area (Å²) < 4.78 is 9.36. The predicted molar refractivity (Wildman–Crippen MR) is 197 cm³/mol. The number of aromatic nitrogens is 4. The molecule has 1 aromatic carbocycles. The number of pyridine rings is 2. The standard InChI is InChI=1S/C39H46N8O5/c1-52-35-22-34-26(21-31(35)38(50)41-33-3-2-15-46(39(33)51)27-8-9-27)24-47(43-34)28-6-4-25(5-7-28)14-16-44-17-19-45(20-18-44)29-10-12-32(40-23-29)30-11-13-36(48)42-37(30)49/h2-3,10,12,15,21-25,27-28,30H,4-9,11,13-14,16-20H2,1H3,(H,41,50)(H,42,48,49). The number of piperazine rings is 1. The number of rotatable bonds is 10. The molecule has 1 atom stereocenters. The first kappa shape index (κ1) is 34.1. The quantitative estimate of drug-likeness (QED) is 0.225. The first-order valence-electron chi connectivity index (χ1n) is 18.7. The van der Waals surface area contributed by atoms with Gasteiger partial charge in [0, 0.05) is 62.5 Å². The zero-order valence-corrected chi connectivity index (χ0v) is 29.6. The van der Waals surface area contributed by atoms with Crippen LogP contribution in [0, 0.1) is 5.92 Å². The van der Waals surface area contributed by atoms with Crippen molar-refractivity contribution in [2.45, 2.75) is 75.8 Å². The number of methoxy groups -OCH3 is 1. The second kappa shape index (κ2) is 14.5. The third kappa shape index (κ3) is 7.19. The average Bonchev–Trinajstić information content (AvgIpc) is 3.93. The highest BCUT2D eigenvalue weighted by atomic mass is 16.5. The van der Waals surface area contributed by atoms with Gasteiger partial charge in [0.05, 0.1) is 47.7 Å². The van der Waals surface area contributed by atoms with Crippen molar-refractivity contribution < 1.29 is 19.1 Å². The van der Waals surface area contributed by atoms with E-state index in [0.29, 0.717) is 36.1 Å². The Kier molecular flexibility index (Phi) is 9.52. The molecule has 8 rings (SSSR count). The smallest absolute Gasteiger partial charge is 0.274 e. The van der Waals surface area contributed by atoms with Crippen molar-refractivity contribution in [2.24, 2.45) is 5.92 Å². The molecule has 4 fully saturated rings. The van der Waals surface area contributed by atoms with E-state index in [1.807, 2.05) is 36.7 Å². The van der Waals surface area contributed by atoms with Crippen molar-refractivity contribution in [3.05, 3.63) is 76.6 Å². The van der Waals surface area contributed by atoms with Crippen LogP contribution in [0.5, 0.6) is 5.75 Å². The van der Waals surface area contributed by atoms with Crippen LogP contribution in [0.25, 0.3) is 10.9 Å². The van der Waals surface area contributed by atoms with Crippen LogP contribution in [0.3, 0.4) is 0 Å². The monoisotopic (exact) mass is 706 g/mol. The molecule has 2 aliphatic heterocycles. The lowest BCUT2D eigenvalue weighted by molar-refractivity contribution is -0.134. The highest BCUT2D eigenvalue weighted by Crippen LogP contribution is 2.36. The summed E-state index contributed by atoms with van der Waals surface area (Å²) >= 11 is 0. The number of hydrogen-bond donors (Lipinski definition) is 2. The normalized spacial score (nSPS) is 22.7. The first-order valence-corrected chi connectivity index (χ1v) is 18.7. The lowest BCUT2D eigenvalue weighted by Gasteiger charge is -2.37. The number of amides is 3. The van der Waals surface area contributed by atoms with E-state index < -0.39 is 0 Å². The van der Waals surface area contributed by atoms with Gasteiger partial charge in [-0.1, -0.05) is 0 Å². The van der Waals surface area contributed by atoms with E-state index in [0.717, 1.165) is 80.7 Å². The number of carbonyl (C=O) groups is 3. The Morgan fingerprint density at radius 2 is 1.75 bits per heavy atom. The molecule has 13 heteroatoms. The number of carbonyl (C=O) groups excluding carboxylic acids is 3.